The molecule has 1 aromatic carbocycles. The van der Waals surface area contributed by atoms with Crippen molar-refractivity contribution >= 4 is 13.3 Å². The smallest absolute Gasteiger partial charge is 0.311 e. The Morgan fingerprint density at radius 1 is 1.14 bits per heavy atom. The summed E-state index contributed by atoms with van der Waals surface area (Å²) in [6, 6.07) is 12.0. The topological polar surface area (TPSA) is 87.5 Å². The number of hydrogen-bond donors (Lipinski definition) is 2. The number of benzene rings is 1. The van der Waals surface area contributed by atoms with Crippen LogP contribution in [0.3, 0.4) is 0 Å². The Labute approximate surface area is 122 Å². The lowest BCUT2D eigenvalue weighted by Crippen LogP contribution is -2.16. The maximum Gasteiger partial charge on any atom is 0.311 e. The van der Waals surface area contributed by atoms with Gasteiger partial charge in [0, 0.05) is 24.7 Å². The van der Waals surface area contributed by atoms with Gasteiger partial charge in [-0.25, -0.2) is 0 Å². The first-order valence-electron chi connectivity index (χ1n) is 6.45. The van der Waals surface area contributed by atoms with Crippen LogP contribution in [0.1, 0.15) is 17.0 Å². The quantitative estimate of drug-likeness (QED) is 0.801. The van der Waals surface area contributed by atoms with E-state index in [1.54, 1.807) is 36.4 Å². The predicted molar refractivity (Wildman–Crippen MR) is 79.5 cm³/mol. The zero-order valence-corrected chi connectivity index (χ0v) is 12.2. The second kappa shape index (κ2) is 6.66. The second-order valence-electron chi connectivity index (χ2n) is 4.84. The van der Waals surface area contributed by atoms with Gasteiger partial charge in [-0.05, 0) is 23.3 Å². The molecule has 0 bridgehead atoms. The van der Waals surface area contributed by atoms with Crippen LogP contribution in [0.2, 0.25) is 0 Å². The van der Waals surface area contributed by atoms with Crippen LogP contribution in [-0.2, 0) is 15.5 Å². The van der Waals surface area contributed by atoms with Crippen LogP contribution in [0.4, 0.5) is 0 Å². The molecule has 0 radical (unpaired) electrons. The zero-order valence-electron chi connectivity index (χ0n) is 11.3. The van der Waals surface area contributed by atoms with Crippen molar-refractivity contribution in [1.82, 2.24) is 4.98 Å². The van der Waals surface area contributed by atoms with Crippen LogP contribution in [0.25, 0.3) is 0 Å². The average molecular weight is 305 g/mol. The zero-order chi connectivity index (χ0) is 15.3. The number of hydrogen-bond acceptors (Lipinski definition) is 3. The highest BCUT2D eigenvalue weighted by molar-refractivity contribution is 7.57. The molecule has 1 heterocycles. The fourth-order valence-electron chi connectivity index (χ4n) is 2.14. The summed E-state index contributed by atoms with van der Waals surface area (Å²) in [7, 11) is -3.59. The van der Waals surface area contributed by atoms with E-state index in [0.717, 1.165) is 5.56 Å². The molecule has 0 amide bonds. The second-order valence-corrected chi connectivity index (χ2v) is 7.22. The molecule has 2 rings (SSSR count). The summed E-state index contributed by atoms with van der Waals surface area (Å²) in [5.41, 5.74) is 1.21. The van der Waals surface area contributed by atoms with Crippen molar-refractivity contribution < 1.29 is 19.4 Å². The molecule has 0 aliphatic heterocycles. The molecular weight excluding hydrogens is 289 g/mol. The number of rotatable bonds is 6. The lowest BCUT2D eigenvalue weighted by Gasteiger charge is -2.17. The number of aromatic nitrogens is 1. The molecule has 110 valence electrons. The summed E-state index contributed by atoms with van der Waals surface area (Å²) in [5, 5.41) is 9.30. The average Bonchev–Trinajstić information content (AvgIpc) is 2.46. The number of carbonyl (C=O) groups is 1. The molecule has 0 aliphatic carbocycles. The lowest BCUT2D eigenvalue weighted by molar-refractivity contribution is -0.138. The molecular formula is C15H16NO4P. The van der Waals surface area contributed by atoms with Crippen molar-refractivity contribution in [3.8, 4) is 0 Å². The van der Waals surface area contributed by atoms with E-state index in [2.05, 4.69) is 4.98 Å². The van der Waals surface area contributed by atoms with Crippen LogP contribution in [-0.4, -0.2) is 27.1 Å². The Morgan fingerprint density at radius 2 is 1.76 bits per heavy atom. The normalized spacial score (nSPS) is 15.1. The molecule has 0 saturated carbocycles. The van der Waals surface area contributed by atoms with Crippen LogP contribution in [0.5, 0.6) is 0 Å². The Hall–Kier alpha value is -1.97. The number of aliphatic carboxylic acids is 1. The Bertz CT molecular complexity index is 645. The minimum atomic E-state index is -3.59. The van der Waals surface area contributed by atoms with E-state index in [1.807, 2.05) is 6.07 Å². The van der Waals surface area contributed by atoms with Crippen molar-refractivity contribution in [2.45, 2.75) is 12.1 Å². The number of nitrogens with zero attached hydrogens (tertiary/aromatic N) is 1. The first-order chi connectivity index (χ1) is 9.98. The minimum Gasteiger partial charge on any atom is -0.481 e. The highest BCUT2D eigenvalue weighted by Gasteiger charge is 2.30. The highest BCUT2D eigenvalue weighted by Crippen LogP contribution is 2.48. The van der Waals surface area contributed by atoms with Gasteiger partial charge in [-0.15, -0.1) is 0 Å². The molecule has 0 saturated heterocycles. The van der Waals surface area contributed by atoms with Crippen LogP contribution < -0.4 is 0 Å². The number of carboxylic acids is 1. The van der Waals surface area contributed by atoms with Gasteiger partial charge in [0.15, 0.2) is 0 Å². The molecule has 21 heavy (non-hydrogen) atoms. The molecule has 6 heteroatoms. The van der Waals surface area contributed by atoms with E-state index >= 15 is 0 Å². The van der Waals surface area contributed by atoms with Crippen LogP contribution in [0.15, 0.2) is 54.9 Å². The highest BCUT2D eigenvalue weighted by atomic mass is 31.2. The summed E-state index contributed by atoms with van der Waals surface area (Å²) >= 11 is 0. The summed E-state index contributed by atoms with van der Waals surface area (Å²) in [6.07, 6.45) is 2.64. The SMILES string of the molecule is O=C(O)C(CP(=O)(O)Cc1ccccc1)c1ccncc1. The van der Waals surface area contributed by atoms with Crippen molar-refractivity contribution in [2.24, 2.45) is 0 Å². The summed E-state index contributed by atoms with van der Waals surface area (Å²) in [4.78, 5) is 25.3. The fourth-order valence-corrected chi connectivity index (χ4v) is 3.99. The molecule has 0 fully saturated rings. The van der Waals surface area contributed by atoms with Gasteiger partial charge in [0.25, 0.3) is 0 Å². The maximum absolute atomic E-state index is 12.3. The predicted octanol–water partition coefficient (Wildman–Crippen LogP) is 2.72. The third kappa shape index (κ3) is 4.52. The van der Waals surface area contributed by atoms with Crippen molar-refractivity contribution in [3.63, 3.8) is 0 Å². The lowest BCUT2D eigenvalue weighted by atomic mass is 10.0. The standard InChI is InChI=1S/C15H16NO4P/c17-15(18)14(13-6-8-16-9-7-13)11-21(19,20)10-12-4-2-1-3-5-12/h1-9,14H,10-11H2,(H,17,18)(H,19,20). The van der Waals surface area contributed by atoms with Crippen molar-refractivity contribution in [3.05, 3.63) is 66.0 Å². The largest absolute Gasteiger partial charge is 0.481 e. The van der Waals surface area contributed by atoms with E-state index in [9.17, 15) is 19.4 Å². The van der Waals surface area contributed by atoms with E-state index in [-0.39, 0.29) is 12.3 Å². The van der Waals surface area contributed by atoms with Crippen molar-refractivity contribution in [2.75, 3.05) is 6.16 Å². The van der Waals surface area contributed by atoms with E-state index in [1.165, 1.54) is 12.4 Å². The van der Waals surface area contributed by atoms with Gasteiger partial charge in [0.05, 0.1) is 5.92 Å². The van der Waals surface area contributed by atoms with Gasteiger partial charge < -0.3 is 10.00 Å². The number of pyridine rings is 1. The Kier molecular flexibility index (Phi) is 4.89. The van der Waals surface area contributed by atoms with E-state index < -0.39 is 19.3 Å². The van der Waals surface area contributed by atoms with Crippen LogP contribution in [0, 0.1) is 0 Å². The maximum atomic E-state index is 12.3. The summed E-state index contributed by atoms with van der Waals surface area (Å²) in [5.74, 6) is -2.11. The third-order valence-electron chi connectivity index (χ3n) is 3.15. The molecule has 1 aromatic heterocycles. The summed E-state index contributed by atoms with van der Waals surface area (Å²) < 4.78 is 12.3. The minimum absolute atomic E-state index is 0.0251. The van der Waals surface area contributed by atoms with Gasteiger partial charge >= 0.3 is 5.97 Å². The van der Waals surface area contributed by atoms with Gasteiger partial charge in [-0.2, -0.15) is 0 Å². The third-order valence-corrected chi connectivity index (χ3v) is 4.94. The summed E-state index contributed by atoms with van der Waals surface area (Å²) in [6.45, 7) is 0. The molecule has 2 unspecified atom stereocenters. The van der Waals surface area contributed by atoms with Crippen LogP contribution >= 0.6 is 7.37 Å². The first kappa shape index (κ1) is 15.4. The van der Waals surface area contributed by atoms with Gasteiger partial charge in [-0.3, -0.25) is 14.3 Å². The molecule has 2 N–H and O–H groups in total. The molecule has 2 atom stereocenters. The molecule has 0 spiro atoms. The molecule has 2 aromatic rings. The van der Waals surface area contributed by atoms with E-state index in [0.29, 0.717) is 5.56 Å². The molecule has 0 aliphatic rings. The monoisotopic (exact) mass is 305 g/mol. The van der Waals surface area contributed by atoms with Crippen molar-refractivity contribution in [1.29, 1.82) is 0 Å². The fraction of sp³-hybridized carbons (Fsp3) is 0.200. The number of carboxylic acid groups (broad SMARTS) is 1. The Morgan fingerprint density at radius 3 is 2.33 bits per heavy atom. The van der Waals surface area contributed by atoms with E-state index in [4.69, 9.17) is 0 Å². The van der Waals surface area contributed by atoms with Gasteiger partial charge in [-0.1, -0.05) is 30.3 Å². The Balaban J connectivity index is 2.16. The first-order valence-corrected chi connectivity index (χ1v) is 8.48. The molecule has 5 nitrogen and oxygen atoms in total. The van der Waals surface area contributed by atoms with Gasteiger partial charge in [0.2, 0.25) is 7.37 Å². The van der Waals surface area contributed by atoms with Gasteiger partial charge in [0.1, 0.15) is 0 Å².